The average Bonchev–Trinajstić information content (AvgIpc) is 3.48. The first-order valence-corrected chi connectivity index (χ1v) is 11.1. The predicted octanol–water partition coefficient (Wildman–Crippen LogP) is 3.93. The van der Waals surface area contributed by atoms with Crippen LogP contribution in [0.25, 0.3) is 6.08 Å². The van der Waals surface area contributed by atoms with Crippen molar-refractivity contribution in [1.82, 2.24) is 9.80 Å². The normalized spacial score (nSPS) is 31.6. The van der Waals surface area contributed by atoms with Crippen LogP contribution in [-0.4, -0.2) is 46.4 Å². The van der Waals surface area contributed by atoms with Crippen LogP contribution in [0.3, 0.4) is 0 Å². The lowest BCUT2D eigenvalue weighted by atomic mass is 9.85. The van der Waals surface area contributed by atoms with E-state index < -0.39 is 0 Å². The minimum atomic E-state index is -0.222. The monoisotopic (exact) mass is 384 g/mol. The van der Waals surface area contributed by atoms with Gasteiger partial charge in [-0.2, -0.15) is 0 Å². The highest BCUT2D eigenvalue weighted by Gasteiger charge is 2.65. The van der Waals surface area contributed by atoms with Crippen molar-refractivity contribution < 1.29 is 4.79 Å². The van der Waals surface area contributed by atoms with E-state index in [1.807, 2.05) is 0 Å². The van der Waals surface area contributed by atoms with Gasteiger partial charge in [0, 0.05) is 24.5 Å². The molecule has 1 aliphatic carbocycles. The molecule has 148 valence electrons. The zero-order valence-corrected chi connectivity index (χ0v) is 16.8. The molecule has 4 aliphatic rings. The number of rotatable bonds is 3. The van der Waals surface area contributed by atoms with Crippen molar-refractivity contribution in [3.05, 3.63) is 77.4 Å². The summed E-state index contributed by atoms with van der Waals surface area (Å²) in [4.78, 5) is 18.6. The fourth-order valence-corrected chi connectivity index (χ4v) is 6.61. The Morgan fingerprint density at radius 1 is 0.966 bits per heavy atom. The van der Waals surface area contributed by atoms with E-state index in [9.17, 15) is 4.79 Å². The van der Waals surface area contributed by atoms with Gasteiger partial charge < -0.3 is 4.90 Å². The second-order valence-corrected chi connectivity index (χ2v) is 9.28. The summed E-state index contributed by atoms with van der Waals surface area (Å²) in [6.45, 7) is 2.01. The summed E-state index contributed by atoms with van der Waals surface area (Å²) >= 11 is 0. The van der Waals surface area contributed by atoms with Crippen LogP contribution in [0.2, 0.25) is 0 Å². The molecule has 3 heteroatoms. The van der Waals surface area contributed by atoms with Crippen LogP contribution in [0.15, 0.2) is 60.7 Å². The molecular weight excluding hydrogens is 356 g/mol. The first-order chi connectivity index (χ1) is 14.3. The molecule has 3 saturated heterocycles. The van der Waals surface area contributed by atoms with E-state index in [0.29, 0.717) is 23.9 Å². The number of amides is 1. The van der Waals surface area contributed by atoms with Gasteiger partial charge in [-0.05, 0) is 55.3 Å². The Balaban J connectivity index is 1.24. The van der Waals surface area contributed by atoms with Gasteiger partial charge in [-0.1, -0.05) is 66.7 Å². The van der Waals surface area contributed by atoms with Crippen LogP contribution in [0.1, 0.15) is 36.0 Å². The molecule has 1 amide bonds. The van der Waals surface area contributed by atoms with Crippen LogP contribution in [0.4, 0.5) is 0 Å². The Labute approximate surface area is 173 Å². The number of likely N-dealkylation sites (tertiary alicyclic amines) is 1. The summed E-state index contributed by atoms with van der Waals surface area (Å²) in [5.74, 6) is 0.903. The molecule has 6 rings (SSSR count). The second-order valence-electron chi connectivity index (χ2n) is 9.28. The molecule has 29 heavy (non-hydrogen) atoms. The van der Waals surface area contributed by atoms with Gasteiger partial charge in [0.05, 0.1) is 0 Å². The largest absolute Gasteiger partial charge is 0.337 e. The molecule has 0 radical (unpaired) electrons. The Bertz CT molecular complexity index is 943. The highest BCUT2D eigenvalue weighted by molar-refractivity contribution is 5.90. The lowest BCUT2D eigenvalue weighted by molar-refractivity contribution is -0.138. The number of carbonyl (C=O) groups is 1. The lowest BCUT2D eigenvalue weighted by Gasteiger charge is -2.34. The minimum Gasteiger partial charge on any atom is -0.337 e. The van der Waals surface area contributed by atoms with Gasteiger partial charge in [0.15, 0.2) is 0 Å². The van der Waals surface area contributed by atoms with Crippen LogP contribution >= 0.6 is 0 Å². The van der Waals surface area contributed by atoms with Gasteiger partial charge in [0.1, 0.15) is 5.54 Å². The molecule has 3 aliphatic heterocycles. The van der Waals surface area contributed by atoms with Crippen molar-refractivity contribution >= 4 is 12.0 Å². The number of nitrogens with zero attached hydrogens (tertiary/aromatic N) is 2. The molecule has 3 nitrogen and oxygen atoms in total. The van der Waals surface area contributed by atoms with E-state index >= 15 is 0 Å². The zero-order chi connectivity index (χ0) is 19.4. The summed E-state index contributed by atoms with van der Waals surface area (Å²) in [6, 6.07) is 20.0. The number of benzene rings is 2. The summed E-state index contributed by atoms with van der Waals surface area (Å²) in [5.41, 5.74) is 3.90. The molecule has 0 unspecified atom stereocenters. The molecule has 2 aromatic carbocycles. The first kappa shape index (κ1) is 17.5. The van der Waals surface area contributed by atoms with Crippen molar-refractivity contribution in [2.45, 2.75) is 49.7 Å². The molecule has 2 aromatic rings. The third-order valence-electron chi connectivity index (χ3n) is 7.90. The maximum atomic E-state index is 13.8. The maximum Gasteiger partial charge on any atom is 0.243 e. The average molecular weight is 385 g/mol. The molecule has 0 saturated carbocycles. The highest BCUT2D eigenvalue weighted by Crippen LogP contribution is 2.52. The molecule has 0 aromatic heterocycles. The standard InChI is InChI=1S/C26H28N2O/c29-25-26-13-6-14-28(26)23(12-11-19-7-2-1-3-8-19)17-22(26)18-27(25)24-15-20-9-4-5-10-21(20)16-24/h1-5,7-12,22-24H,6,13-18H2/b12-11+/t22-,23+,26-/m0/s1. The van der Waals surface area contributed by atoms with Crippen LogP contribution in [0.5, 0.6) is 0 Å². The van der Waals surface area contributed by atoms with E-state index in [1.165, 1.54) is 16.7 Å². The quantitative estimate of drug-likeness (QED) is 0.800. The van der Waals surface area contributed by atoms with Gasteiger partial charge >= 0.3 is 0 Å². The summed E-state index contributed by atoms with van der Waals surface area (Å²) in [7, 11) is 0. The van der Waals surface area contributed by atoms with Crippen LogP contribution in [-0.2, 0) is 17.6 Å². The molecule has 3 atom stereocenters. The summed E-state index contributed by atoms with van der Waals surface area (Å²) in [5, 5.41) is 0. The zero-order valence-electron chi connectivity index (χ0n) is 16.8. The SMILES string of the molecule is O=C1N(C2Cc3ccccc3C2)C[C@@H]2C[C@@H](/C=C/c3ccccc3)N3CCC[C@@]123. The molecular formula is C26H28N2O. The summed E-state index contributed by atoms with van der Waals surface area (Å²) < 4.78 is 0. The van der Waals surface area contributed by atoms with E-state index in [4.69, 9.17) is 0 Å². The van der Waals surface area contributed by atoms with Crippen molar-refractivity contribution in [2.75, 3.05) is 13.1 Å². The molecule has 1 spiro atoms. The van der Waals surface area contributed by atoms with E-state index in [0.717, 1.165) is 45.2 Å². The third kappa shape index (κ3) is 2.56. The Hall–Kier alpha value is -2.39. The van der Waals surface area contributed by atoms with Crippen molar-refractivity contribution in [1.29, 1.82) is 0 Å². The third-order valence-corrected chi connectivity index (χ3v) is 7.90. The van der Waals surface area contributed by atoms with E-state index in [-0.39, 0.29) is 5.54 Å². The van der Waals surface area contributed by atoms with Crippen LogP contribution < -0.4 is 0 Å². The van der Waals surface area contributed by atoms with Gasteiger partial charge in [-0.25, -0.2) is 0 Å². The topological polar surface area (TPSA) is 23.6 Å². The van der Waals surface area contributed by atoms with Crippen molar-refractivity contribution in [3.8, 4) is 0 Å². The Morgan fingerprint density at radius 3 is 2.45 bits per heavy atom. The number of fused-ring (bicyclic) bond motifs is 1. The highest BCUT2D eigenvalue weighted by atomic mass is 16.2. The molecule has 0 bridgehead atoms. The van der Waals surface area contributed by atoms with E-state index in [1.54, 1.807) is 0 Å². The molecule has 0 N–H and O–H groups in total. The van der Waals surface area contributed by atoms with Crippen molar-refractivity contribution in [3.63, 3.8) is 0 Å². The number of carbonyl (C=O) groups excluding carboxylic acids is 1. The van der Waals surface area contributed by atoms with E-state index in [2.05, 4.69) is 76.5 Å². The summed E-state index contributed by atoms with van der Waals surface area (Å²) in [6.07, 6.45) is 9.96. The van der Waals surface area contributed by atoms with Gasteiger partial charge in [-0.3, -0.25) is 9.69 Å². The predicted molar refractivity (Wildman–Crippen MR) is 115 cm³/mol. The fraction of sp³-hybridized carbons (Fsp3) is 0.423. The Kier molecular flexibility index (Phi) is 3.95. The van der Waals surface area contributed by atoms with Gasteiger partial charge in [0.25, 0.3) is 0 Å². The molecule has 3 fully saturated rings. The Morgan fingerprint density at radius 2 is 1.69 bits per heavy atom. The lowest BCUT2D eigenvalue weighted by Crippen LogP contribution is -2.52. The first-order valence-electron chi connectivity index (χ1n) is 11.1. The maximum absolute atomic E-state index is 13.8. The smallest absolute Gasteiger partial charge is 0.243 e. The molecule has 3 heterocycles. The van der Waals surface area contributed by atoms with Crippen molar-refractivity contribution in [2.24, 2.45) is 5.92 Å². The minimum absolute atomic E-state index is 0.222. The van der Waals surface area contributed by atoms with Gasteiger partial charge in [0.2, 0.25) is 5.91 Å². The second kappa shape index (κ2) is 6.56. The fourth-order valence-electron chi connectivity index (χ4n) is 6.61. The van der Waals surface area contributed by atoms with Gasteiger partial charge in [-0.15, -0.1) is 0 Å². The number of hydrogen-bond acceptors (Lipinski definition) is 2. The van der Waals surface area contributed by atoms with Crippen LogP contribution in [0, 0.1) is 5.92 Å². The number of hydrogen-bond donors (Lipinski definition) is 0.